The Hall–Kier alpha value is -2.06. The summed E-state index contributed by atoms with van der Waals surface area (Å²) >= 11 is 0. The minimum absolute atomic E-state index is 0.144. The Bertz CT molecular complexity index is 664. The molecule has 1 aromatic heterocycles. The molecule has 0 amide bonds. The third-order valence-corrected chi connectivity index (χ3v) is 4.19. The second-order valence-corrected chi connectivity index (χ2v) is 5.91. The van der Waals surface area contributed by atoms with Crippen molar-refractivity contribution < 1.29 is 13.2 Å². The number of nitrogen functional groups attached to an aromatic ring is 1. The lowest BCUT2D eigenvalue weighted by molar-refractivity contribution is 0.323. The molecule has 0 saturated heterocycles. The first-order valence-corrected chi connectivity index (χ1v) is 7.45. The number of nitrogens with one attached hydrogen (secondary N) is 2. The topological polar surface area (TPSA) is 110 Å². The Labute approximate surface area is 117 Å². The third kappa shape index (κ3) is 3.49. The molecule has 0 atom stereocenters. The summed E-state index contributed by atoms with van der Waals surface area (Å²) in [6, 6.07) is 6.89. The van der Waals surface area contributed by atoms with Crippen LogP contribution in [0.2, 0.25) is 0 Å². The summed E-state index contributed by atoms with van der Waals surface area (Å²) in [7, 11) is -3.55. The van der Waals surface area contributed by atoms with Gasteiger partial charge in [0.05, 0.1) is 11.9 Å². The highest BCUT2D eigenvalue weighted by atomic mass is 32.2. The Balaban J connectivity index is 1.84. The number of sulfonamides is 1. The van der Waals surface area contributed by atoms with E-state index in [0.717, 1.165) is 0 Å². The van der Waals surface area contributed by atoms with Gasteiger partial charge in [0.2, 0.25) is 10.0 Å². The molecule has 0 fully saturated rings. The molecule has 0 radical (unpaired) electrons. The lowest BCUT2D eigenvalue weighted by Gasteiger charge is -2.08. The van der Waals surface area contributed by atoms with E-state index in [1.165, 1.54) is 6.20 Å². The van der Waals surface area contributed by atoms with Crippen LogP contribution in [0, 0.1) is 6.92 Å². The molecule has 0 aliphatic rings. The van der Waals surface area contributed by atoms with Crippen molar-refractivity contribution in [3.63, 3.8) is 0 Å². The SMILES string of the molecule is Cc1[nH]ncc1S(=O)(=O)NCCOc1ccc(N)cc1. The first kappa shape index (κ1) is 14.4. The first-order chi connectivity index (χ1) is 9.49. The molecule has 8 heteroatoms. The van der Waals surface area contributed by atoms with Gasteiger partial charge in [-0.3, -0.25) is 5.10 Å². The van der Waals surface area contributed by atoms with E-state index in [9.17, 15) is 8.42 Å². The van der Waals surface area contributed by atoms with E-state index in [4.69, 9.17) is 10.5 Å². The van der Waals surface area contributed by atoms with Crippen LogP contribution in [0.15, 0.2) is 35.4 Å². The van der Waals surface area contributed by atoms with Crippen LogP contribution >= 0.6 is 0 Å². The summed E-state index contributed by atoms with van der Waals surface area (Å²) in [5, 5.41) is 6.27. The van der Waals surface area contributed by atoms with Gasteiger partial charge >= 0.3 is 0 Å². The Morgan fingerprint density at radius 2 is 2.05 bits per heavy atom. The molecule has 7 nitrogen and oxygen atoms in total. The van der Waals surface area contributed by atoms with E-state index in [1.807, 2.05) is 0 Å². The Kier molecular flexibility index (Phi) is 4.26. The Morgan fingerprint density at radius 1 is 1.35 bits per heavy atom. The van der Waals surface area contributed by atoms with Gasteiger partial charge in [0, 0.05) is 12.2 Å². The van der Waals surface area contributed by atoms with Gasteiger partial charge in [-0.05, 0) is 31.2 Å². The maximum Gasteiger partial charge on any atom is 0.244 e. The summed E-state index contributed by atoms with van der Waals surface area (Å²) in [5.74, 6) is 0.637. The van der Waals surface area contributed by atoms with Gasteiger partial charge in [0.1, 0.15) is 17.3 Å². The fourth-order valence-corrected chi connectivity index (χ4v) is 2.75. The van der Waals surface area contributed by atoms with Crippen LogP contribution in [-0.2, 0) is 10.0 Å². The molecule has 0 bridgehead atoms. The molecule has 20 heavy (non-hydrogen) atoms. The number of aromatic nitrogens is 2. The monoisotopic (exact) mass is 296 g/mol. The van der Waals surface area contributed by atoms with Gasteiger partial charge in [-0.25, -0.2) is 13.1 Å². The minimum atomic E-state index is -3.55. The number of benzene rings is 1. The van der Waals surface area contributed by atoms with Gasteiger partial charge in [-0.2, -0.15) is 5.10 Å². The summed E-state index contributed by atoms with van der Waals surface area (Å²) in [6.45, 7) is 2.03. The van der Waals surface area contributed by atoms with Crippen molar-refractivity contribution in [2.24, 2.45) is 0 Å². The average Bonchev–Trinajstić information content (AvgIpc) is 2.84. The number of H-pyrrole nitrogens is 1. The second kappa shape index (κ2) is 5.93. The minimum Gasteiger partial charge on any atom is -0.492 e. The highest BCUT2D eigenvalue weighted by Crippen LogP contribution is 2.13. The van der Waals surface area contributed by atoms with E-state index in [1.54, 1.807) is 31.2 Å². The number of rotatable bonds is 6. The number of anilines is 1. The summed E-state index contributed by atoms with van der Waals surface area (Å²) in [6.07, 6.45) is 1.28. The third-order valence-electron chi connectivity index (χ3n) is 2.62. The fraction of sp³-hybridized carbons (Fsp3) is 0.250. The first-order valence-electron chi connectivity index (χ1n) is 5.97. The van der Waals surface area contributed by atoms with E-state index < -0.39 is 10.0 Å². The molecule has 1 heterocycles. The number of nitrogens with two attached hydrogens (primary N) is 1. The van der Waals surface area contributed by atoms with E-state index in [-0.39, 0.29) is 18.0 Å². The van der Waals surface area contributed by atoms with Crippen molar-refractivity contribution in [1.82, 2.24) is 14.9 Å². The van der Waals surface area contributed by atoms with Crippen molar-refractivity contribution in [2.75, 3.05) is 18.9 Å². The van der Waals surface area contributed by atoms with Gasteiger partial charge in [-0.1, -0.05) is 0 Å². The largest absolute Gasteiger partial charge is 0.492 e. The maximum atomic E-state index is 11.9. The lowest BCUT2D eigenvalue weighted by Crippen LogP contribution is -2.28. The van der Waals surface area contributed by atoms with Crippen LogP contribution in [0.3, 0.4) is 0 Å². The predicted octanol–water partition coefficient (Wildman–Crippen LogP) is 0.658. The number of aromatic amines is 1. The fourth-order valence-electron chi connectivity index (χ4n) is 1.60. The van der Waals surface area contributed by atoms with Crippen molar-refractivity contribution in [3.8, 4) is 5.75 Å². The van der Waals surface area contributed by atoms with Crippen LogP contribution in [0.5, 0.6) is 5.75 Å². The van der Waals surface area contributed by atoms with Gasteiger partial charge in [0.15, 0.2) is 0 Å². The number of hydrogen-bond acceptors (Lipinski definition) is 5. The number of aryl methyl sites for hydroxylation is 1. The molecule has 4 N–H and O–H groups in total. The molecule has 0 unspecified atom stereocenters. The quantitative estimate of drug-likeness (QED) is 0.535. The average molecular weight is 296 g/mol. The molecule has 0 spiro atoms. The predicted molar refractivity (Wildman–Crippen MR) is 74.9 cm³/mol. The van der Waals surface area contributed by atoms with Crippen LogP contribution in [0.25, 0.3) is 0 Å². The zero-order chi connectivity index (χ0) is 14.6. The van der Waals surface area contributed by atoms with Gasteiger partial charge < -0.3 is 10.5 Å². The van der Waals surface area contributed by atoms with Crippen molar-refractivity contribution >= 4 is 15.7 Å². The molecular weight excluding hydrogens is 280 g/mol. The normalized spacial score (nSPS) is 11.4. The molecule has 0 saturated carbocycles. The smallest absolute Gasteiger partial charge is 0.244 e. The highest BCUT2D eigenvalue weighted by molar-refractivity contribution is 7.89. The molecule has 2 aromatic rings. The van der Waals surface area contributed by atoms with Crippen molar-refractivity contribution in [3.05, 3.63) is 36.2 Å². The molecule has 0 aliphatic carbocycles. The standard InChI is InChI=1S/C12H16N4O3S/c1-9-12(8-14-16-9)20(17,18)15-6-7-19-11-4-2-10(13)3-5-11/h2-5,8,15H,6-7,13H2,1H3,(H,14,16). The zero-order valence-corrected chi connectivity index (χ0v) is 11.8. The van der Waals surface area contributed by atoms with Crippen molar-refractivity contribution in [2.45, 2.75) is 11.8 Å². The molecule has 2 rings (SSSR count). The van der Waals surface area contributed by atoms with Crippen LogP contribution in [0.4, 0.5) is 5.69 Å². The van der Waals surface area contributed by atoms with Crippen LogP contribution < -0.4 is 15.2 Å². The highest BCUT2D eigenvalue weighted by Gasteiger charge is 2.17. The van der Waals surface area contributed by atoms with Crippen LogP contribution in [0.1, 0.15) is 5.69 Å². The summed E-state index contributed by atoms with van der Waals surface area (Å²) < 4.78 is 31.7. The van der Waals surface area contributed by atoms with E-state index in [2.05, 4.69) is 14.9 Å². The number of hydrogen-bond donors (Lipinski definition) is 3. The molecule has 108 valence electrons. The summed E-state index contributed by atoms with van der Waals surface area (Å²) in [5.41, 5.74) is 6.69. The van der Waals surface area contributed by atoms with Gasteiger partial charge in [0.25, 0.3) is 0 Å². The van der Waals surface area contributed by atoms with E-state index in [0.29, 0.717) is 17.1 Å². The van der Waals surface area contributed by atoms with Crippen LogP contribution in [-0.4, -0.2) is 31.8 Å². The zero-order valence-electron chi connectivity index (χ0n) is 11.0. The number of ether oxygens (including phenoxy) is 1. The molecule has 0 aliphatic heterocycles. The van der Waals surface area contributed by atoms with Crippen molar-refractivity contribution in [1.29, 1.82) is 0 Å². The maximum absolute atomic E-state index is 11.9. The summed E-state index contributed by atoms with van der Waals surface area (Å²) in [4.78, 5) is 0.144. The van der Waals surface area contributed by atoms with Gasteiger partial charge in [-0.15, -0.1) is 0 Å². The number of nitrogens with zero attached hydrogens (tertiary/aromatic N) is 1. The lowest BCUT2D eigenvalue weighted by atomic mass is 10.3. The molecular formula is C12H16N4O3S. The molecule has 1 aromatic carbocycles. The Morgan fingerprint density at radius 3 is 2.65 bits per heavy atom. The second-order valence-electron chi connectivity index (χ2n) is 4.17. The van der Waals surface area contributed by atoms with E-state index >= 15 is 0 Å².